The molecule has 4 aliphatic carbocycles. The molecule has 2 amide bonds. The summed E-state index contributed by atoms with van der Waals surface area (Å²) in [6, 6.07) is 4.74. The molecule has 0 saturated heterocycles. The SMILES string of the molecule is CC(=O)NC12CC3CC(C1)CC(C(=O)OC(C)C(=O)NC(C)c1ccc(Cl)cc1Cl)(C3)C2. The Balaban J connectivity index is 1.42. The van der Waals surface area contributed by atoms with Gasteiger partial charge in [0.1, 0.15) is 0 Å². The molecular weight excluding hydrogens is 451 g/mol. The number of nitrogens with one attached hydrogen (secondary N) is 2. The second kappa shape index (κ2) is 8.53. The number of benzene rings is 1. The van der Waals surface area contributed by atoms with Gasteiger partial charge in [0.05, 0.1) is 11.5 Å². The van der Waals surface area contributed by atoms with Gasteiger partial charge in [-0.1, -0.05) is 29.3 Å². The maximum absolute atomic E-state index is 13.3. The third kappa shape index (κ3) is 4.49. The van der Waals surface area contributed by atoms with E-state index in [9.17, 15) is 14.4 Å². The predicted molar refractivity (Wildman–Crippen MR) is 122 cm³/mol. The van der Waals surface area contributed by atoms with E-state index in [-0.39, 0.29) is 29.4 Å². The van der Waals surface area contributed by atoms with Gasteiger partial charge in [-0.3, -0.25) is 14.4 Å². The summed E-state index contributed by atoms with van der Waals surface area (Å²) in [5.74, 6) is 0.0658. The first-order valence-electron chi connectivity index (χ1n) is 11.3. The van der Waals surface area contributed by atoms with Crippen LogP contribution in [0.1, 0.15) is 70.9 Å². The Hall–Kier alpha value is -1.79. The number of hydrogen-bond acceptors (Lipinski definition) is 4. The van der Waals surface area contributed by atoms with E-state index in [4.69, 9.17) is 27.9 Å². The Morgan fingerprint density at radius 2 is 1.75 bits per heavy atom. The average molecular weight is 481 g/mol. The number of ether oxygens (including phenoxy) is 1. The number of amides is 2. The molecule has 8 heteroatoms. The third-order valence-corrected chi connectivity index (χ3v) is 7.94. The summed E-state index contributed by atoms with van der Waals surface area (Å²) in [6.45, 7) is 4.94. The van der Waals surface area contributed by atoms with Crippen LogP contribution in [0.25, 0.3) is 0 Å². The van der Waals surface area contributed by atoms with Crippen molar-refractivity contribution >= 4 is 41.0 Å². The van der Waals surface area contributed by atoms with Crippen LogP contribution in [-0.4, -0.2) is 29.4 Å². The first kappa shape index (κ1) is 23.4. The van der Waals surface area contributed by atoms with E-state index < -0.39 is 11.5 Å². The van der Waals surface area contributed by atoms with E-state index in [0.717, 1.165) is 37.7 Å². The maximum atomic E-state index is 13.3. The van der Waals surface area contributed by atoms with Crippen molar-refractivity contribution in [1.82, 2.24) is 10.6 Å². The Labute approximate surface area is 198 Å². The fourth-order valence-corrected chi connectivity index (χ4v) is 7.19. The quantitative estimate of drug-likeness (QED) is 0.583. The van der Waals surface area contributed by atoms with Crippen molar-refractivity contribution in [3.8, 4) is 0 Å². The molecule has 4 atom stereocenters. The van der Waals surface area contributed by atoms with Crippen molar-refractivity contribution in [3.63, 3.8) is 0 Å². The first-order chi connectivity index (χ1) is 15.0. The summed E-state index contributed by atoms with van der Waals surface area (Å²) in [5.41, 5.74) is -0.201. The highest BCUT2D eigenvalue weighted by Gasteiger charge is 2.61. The summed E-state index contributed by atoms with van der Waals surface area (Å²) < 4.78 is 5.72. The first-order valence-corrected chi connectivity index (χ1v) is 12.0. The van der Waals surface area contributed by atoms with Gasteiger partial charge >= 0.3 is 5.97 Å². The largest absolute Gasteiger partial charge is 0.452 e. The van der Waals surface area contributed by atoms with Crippen LogP contribution in [-0.2, 0) is 19.1 Å². The zero-order valence-electron chi connectivity index (χ0n) is 18.7. The van der Waals surface area contributed by atoms with Gasteiger partial charge in [0.15, 0.2) is 6.10 Å². The lowest BCUT2D eigenvalue weighted by atomic mass is 9.47. The maximum Gasteiger partial charge on any atom is 0.312 e. The minimum Gasteiger partial charge on any atom is -0.452 e. The third-order valence-electron chi connectivity index (χ3n) is 7.38. The molecule has 0 aliphatic heterocycles. The Morgan fingerprint density at radius 3 is 2.34 bits per heavy atom. The molecule has 0 aromatic heterocycles. The molecule has 0 spiro atoms. The minimum absolute atomic E-state index is 0.0574. The van der Waals surface area contributed by atoms with Gasteiger partial charge in [0.2, 0.25) is 5.91 Å². The molecule has 0 radical (unpaired) electrons. The molecule has 4 unspecified atom stereocenters. The molecule has 1 aromatic rings. The lowest BCUT2D eigenvalue weighted by molar-refractivity contribution is -0.182. The lowest BCUT2D eigenvalue weighted by Gasteiger charge is -2.60. The molecule has 4 fully saturated rings. The zero-order chi connectivity index (χ0) is 23.3. The highest BCUT2D eigenvalue weighted by molar-refractivity contribution is 6.35. The summed E-state index contributed by atoms with van der Waals surface area (Å²) in [6.07, 6.45) is 4.16. The van der Waals surface area contributed by atoms with E-state index in [1.165, 1.54) is 6.92 Å². The van der Waals surface area contributed by atoms with Gasteiger partial charge in [0, 0.05) is 22.5 Å². The van der Waals surface area contributed by atoms with Crippen molar-refractivity contribution in [2.45, 2.75) is 77.0 Å². The molecule has 6 nitrogen and oxygen atoms in total. The van der Waals surface area contributed by atoms with Gasteiger partial charge < -0.3 is 15.4 Å². The highest BCUT2D eigenvalue weighted by atomic mass is 35.5. The standard InChI is InChI=1S/C24H30Cl2N2O4/c1-13(19-5-4-18(25)7-20(19)26)27-21(30)14(2)32-22(31)23-8-16-6-17(9-23)11-24(10-16,12-23)28-15(3)29/h4-5,7,13-14,16-17H,6,8-12H2,1-3H3,(H,27,30)(H,28,29). The molecule has 5 rings (SSSR count). The number of esters is 1. The van der Waals surface area contributed by atoms with Gasteiger partial charge in [-0.05, 0) is 81.9 Å². The van der Waals surface area contributed by atoms with Crippen LogP contribution >= 0.6 is 23.2 Å². The number of carbonyl (C=O) groups is 3. The van der Waals surface area contributed by atoms with E-state index in [1.54, 1.807) is 25.1 Å². The molecule has 4 bridgehead atoms. The van der Waals surface area contributed by atoms with E-state index in [2.05, 4.69) is 10.6 Å². The molecule has 4 saturated carbocycles. The Kier molecular flexibility index (Phi) is 6.23. The number of hydrogen-bond donors (Lipinski definition) is 2. The summed E-state index contributed by atoms with van der Waals surface area (Å²) in [7, 11) is 0. The molecule has 32 heavy (non-hydrogen) atoms. The lowest BCUT2D eigenvalue weighted by Crippen LogP contribution is -2.65. The summed E-state index contributed by atoms with van der Waals surface area (Å²) in [5, 5.41) is 7.00. The van der Waals surface area contributed by atoms with E-state index >= 15 is 0 Å². The zero-order valence-corrected chi connectivity index (χ0v) is 20.2. The molecule has 4 aliphatic rings. The number of halogens is 2. The fourth-order valence-electron chi connectivity index (χ4n) is 6.62. The normalized spacial score (nSPS) is 32.2. The fraction of sp³-hybridized carbons (Fsp3) is 0.625. The molecular formula is C24H30Cl2N2O4. The van der Waals surface area contributed by atoms with Crippen molar-refractivity contribution < 1.29 is 19.1 Å². The summed E-state index contributed by atoms with van der Waals surface area (Å²) >= 11 is 12.2. The highest BCUT2D eigenvalue weighted by Crippen LogP contribution is 2.62. The van der Waals surface area contributed by atoms with Gasteiger partial charge in [0.25, 0.3) is 5.91 Å². The number of rotatable bonds is 6. The predicted octanol–water partition coefficient (Wildman–Crippen LogP) is 4.58. The van der Waals surface area contributed by atoms with Crippen LogP contribution in [0.3, 0.4) is 0 Å². The Morgan fingerprint density at radius 1 is 1.09 bits per heavy atom. The average Bonchev–Trinajstić information content (AvgIpc) is 2.65. The number of carbonyl (C=O) groups excluding carboxylic acids is 3. The Bertz CT molecular complexity index is 936. The van der Waals surface area contributed by atoms with Crippen LogP contribution in [0.2, 0.25) is 10.0 Å². The smallest absolute Gasteiger partial charge is 0.312 e. The van der Waals surface area contributed by atoms with Gasteiger partial charge in [-0.25, -0.2) is 0 Å². The molecule has 1 aromatic carbocycles. The van der Waals surface area contributed by atoms with Crippen LogP contribution < -0.4 is 10.6 Å². The van der Waals surface area contributed by atoms with E-state index in [1.807, 2.05) is 6.92 Å². The molecule has 2 N–H and O–H groups in total. The van der Waals surface area contributed by atoms with E-state index in [0.29, 0.717) is 28.3 Å². The second-order valence-corrected chi connectivity index (χ2v) is 11.0. The molecule has 174 valence electrons. The molecule has 0 heterocycles. The van der Waals surface area contributed by atoms with Crippen molar-refractivity contribution in [2.75, 3.05) is 0 Å². The van der Waals surface area contributed by atoms with Crippen LogP contribution in [0.15, 0.2) is 18.2 Å². The minimum atomic E-state index is -0.930. The van der Waals surface area contributed by atoms with Crippen LogP contribution in [0.5, 0.6) is 0 Å². The second-order valence-electron chi connectivity index (χ2n) is 10.1. The van der Waals surface area contributed by atoms with Crippen molar-refractivity contribution in [1.29, 1.82) is 0 Å². The van der Waals surface area contributed by atoms with Gasteiger partial charge in [-0.15, -0.1) is 0 Å². The topological polar surface area (TPSA) is 84.5 Å². The van der Waals surface area contributed by atoms with Crippen LogP contribution in [0, 0.1) is 17.3 Å². The van der Waals surface area contributed by atoms with Gasteiger partial charge in [-0.2, -0.15) is 0 Å². The van der Waals surface area contributed by atoms with Crippen molar-refractivity contribution in [3.05, 3.63) is 33.8 Å². The van der Waals surface area contributed by atoms with Crippen molar-refractivity contribution in [2.24, 2.45) is 17.3 Å². The monoisotopic (exact) mass is 480 g/mol. The summed E-state index contributed by atoms with van der Waals surface area (Å²) in [4.78, 5) is 37.9. The van der Waals surface area contributed by atoms with Crippen LogP contribution in [0.4, 0.5) is 0 Å².